The molecule has 0 saturated carbocycles. The number of anilines is 1. The summed E-state index contributed by atoms with van der Waals surface area (Å²) >= 11 is 0. The van der Waals surface area contributed by atoms with Crippen molar-refractivity contribution in [3.05, 3.63) is 43.0 Å². The highest BCUT2D eigenvalue weighted by Crippen LogP contribution is 2.24. The second-order valence-corrected chi connectivity index (χ2v) is 6.09. The van der Waals surface area contributed by atoms with Crippen LogP contribution in [0.4, 0.5) is 5.69 Å². The molecule has 1 atom stereocenters. The van der Waals surface area contributed by atoms with Crippen molar-refractivity contribution < 1.29 is 9.53 Å². The van der Waals surface area contributed by atoms with E-state index in [1.807, 2.05) is 35.0 Å². The molecular formula is C18H24N4O2. The lowest BCUT2D eigenvalue weighted by Crippen LogP contribution is -2.16. The van der Waals surface area contributed by atoms with E-state index < -0.39 is 0 Å². The highest BCUT2D eigenvalue weighted by molar-refractivity contribution is 5.92. The van der Waals surface area contributed by atoms with E-state index in [0.29, 0.717) is 24.7 Å². The van der Waals surface area contributed by atoms with Crippen molar-refractivity contribution in [1.29, 1.82) is 0 Å². The molecule has 1 aromatic carbocycles. The monoisotopic (exact) mass is 328 g/mol. The third kappa shape index (κ3) is 4.83. The molecule has 0 spiro atoms. The SMILES string of the molecule is O=C(CCC1CCNC1)Nc1ccccc1OCCn1ccnc1. The molecule has 6 nitrogen and oxygen atoms in total. The quantitative estimate of drug-likeness (QED) is 0.780. The Hall–Kier alpha value is -2.34. The summed E-state index contributed by atoms with van der Waals surface area (Å²) < 4.78 is 7.77. The fraction of sp³-hybridized carbons (Fsp3) is 0.444. The Morgan fingerprint density at radius 1 is 1.42 bits per heavy atom. The van der Waals surface area contributed by atoms with Crippen LogP contribution in [0.3, 0.4) is 0 Å². The number of nitrogens with one attached hydrogen (secondary N) is 2. The average Bonchev–Trinajstić information content (AvgIpc) is 3.28. The largest absolute Gasteiger partial charge is 0.490 e. The molecule has 24 heavy (non-hydrogen) atoms. The maximum absolute atomic E-state index is 12.2. The van der Waals surface area contributed by atoms with E-state index in [9.17, 15) is 4.79 Å². The molecule has 2 N–H and O–H groups in total. The molecule has 1 saturated heterocycles. The van der Waals surface area contributed by atoms with Gasteiger partial charge in [0.1, 0.15) is 12.4 Å². The summed E-state index contributed by atoms with van der Waals surface area (Å²) in [5.41, 5.74) is 0.734. The van der Waals surface area contributed by atoms with E-state index in [-0.39, 0.29) is 5.91 Å². The summed E-state index contributed by atoms with van der Waals surface area (Å²) in [6.45, 7) is 3.34. The van der Waals surface area contributed by atoms with Crippen LogP contribution < -0.4 is 15.4 Å². The Bertz CT molecular complexity index is 636. The smallest absolute Gasteiger partial charge is 0.224 e. The van der Waals surface area contributed by atoms with E-state index in [1.165, 1.54) is 6.42 Å². The van der Waals surface area contributed by atoms with Crippen LogP contribution in [0.1, 0.15) is 19.3 Å². The normalized spacial score (nSPS) is 16.9. The highest BCUT2D eigenvalue weighted by atomic mass is 16.5. The van der Waals surface area contributed by atoms with Crippen molar-refractivity contribution in [3.8, 4) is 5.75 Å². The second kappa shape index (κ2) is 8.49. The van der Waals surface area contributed by atoms with Gasteiger partial charge in [0.15, 0.2) is 0 Å². The average molecular weight is 328 g/mol. The number of benzene rings is 1. The standard InChI is InChI=1S/C18H24N4O2/c23-18(6-5-15-7-8-19-13-15)21-16-3-1-2-4-17(16)24-12-11-22-10-9-20-14-22/h1-4,9-10,14-15,19H,5-8,11-13H2,(H,21,23). The number of hydrogen-bond acceptors (Lipinski definition) is 4. The highest BCUT2D eigenvalue weighted by Gasteiger charge is 2.16. The van der Waals surface area contributed by atoms with Crippen molar-refractivity contribution >= 4 is 11.6 Å². The van der Waals surface area contributed by atoms with Gasteiger partial charge < -0.3 is 19.9 Å². The molecular weight excluding hydrogens is 304 g/mol. The molecule has 2 heterocycles. The van der Waals surface area contributed by atoms with Gasteiger partial charge in [0, 0.05) is 18.8 Å². The lowest BCUT2D eigenvalue weighted by Gasteiger charge is -2.13. The minimum atomic E-state index is 0.0487. The van der Waals surface area contributed by atoms with Gasteiger partial charge in [-0.3, -0.25) is 4.79 Å². The molecule has 1 unspecified atom stereocenters. The summed E-state index contributed by atoms with van der Waals surface area (Å²) in [6.07, 6.45) is 8.05. The fourth-order valence-corrected chi connectivity index (χ4v) is 2.88. The minimum Gasteiger partial charge on any atom is -0.490 e. The Kier molecular flexibility index (Phi) is 5.85. The summed E-state index contributed by atoms with van der Waals surface area (Å²) in [5, 5.41) is 6.31. The number of para-hydroxylation sites is 2. The number of amides is 1. The number of aromatic nitrogens is 2. The summed E-state index contributed by atoms with van der Waals surface area (Å²) in [5.74, 6) is 1.37. The first-order valence-corrected chi connectivity index (χ1v) is 8.49. The third-order valence-corrected chi connectivity index (χ3v) is 4.27. The van der Waals surface area contributed by atoms with Crippen molar-refractivity contribution in [2.24, 2.45) is 5.92 Å². The van der Waals surface area contributed by atoms with E-state index in [0.717, 1.165) is 31.7 Å². The minimum absolute atomic E-state index is 0.0487. The molecule has 1 amide bonds. The topological polar surface area (TPSA) is 68.2 Å². The Labute approximate surface area is 142 Å². The molecule has 0 radical (unpaired) electrons. The molecule has 1 aliphatic rings. The van der Waals surface area contributed by atoms with Crippen LogP contribution in [-0.2, 0) is 11.3 Å². The number of carbonyl (C=O) groups excluding carboxylic acids is 1. The number of rotatable bonds is 8. The molecule has 1 aliphatic heterocycles. The van der Waals surface area contributed by atoms with Gasteiger partial charge >= 0.3 is 0 Å². The van der Waals surface area contributed by atoms with Crippen molar-refractivity contribution in [2.75, 3.05) is 25.0 Å². The molecule has 1 aromatic heterocycles. The second-order valence-electron chi connectivity index (χ2n) is 6.09. The molecule has 128 valence electrons. The summed E-state index contributed by atoms with van der Waals surface area (Å²) in [4.78, 5) is 16.2. The van der Waals surface area contributed by atoms with Gasteiger partial charge in [0.05, 0.1) is 18.6 Å². The first-order chi connectivity index (χ1) is 11.8. The predicted molar refractivity (Wildman–Crippen MR) is 93.0 cm³/mol. The molecule has 3 rings (SSSR count). The van der Waals surface area contributed by atoms with Crippen LogP contribution in [-0.4, -0.2) is 35.2 Å². The van der Waals surface area contributed by atoms with Gasteiger partial charge in [-0.25, -0.2) is 4.98 Å². The first-order valence-electron chi connectivity index (χ1n) is 8.49. The number of carbonyl (C=O) groups is 1. The third-order valence-electron chi connectivity index (χ3n) is 4.27. The Balaban J connectivity index is 1.48. The molecule has 0 bridgehead atoms. The van der Waals surface area contributed by atoms with Crippen LogP contribution in [0.15, 0.2) is 43.0 Å². The predicted octanol–water partition coefficient (Wildman–Crippen LogP) is 2.29. The maximum Gasteiger partial charge on any atom is 0.224 e. The number of ether oxygens (including phenoxy) is 1. The van der Waals surface area contributed by atoms with Gasteiger partial charge in [-0.15, -0.1) is 0 Å². The van der Waals surface area contributed by atoms with Crippen molar-refractivity contribution in [3.63, 3.8) is 0 Å². The molecule has 1 fully saturated rings. The van der Waals surface area contributed by atoms with Gasteiger partial charge in [-0.05, 0) is 44.0 Å². The Morgan fingerprint density at radius 2 is 2.33 bits per heavy atom. The van der Waals surface area contributed by atoms with E-state index in [4.69, 9.17) is 4.74 Å². The van der Waals surface area contributed by atoms with Crippen LogP contribution in [0, 0.1) is 5.92 Å². The van der Waals surface area contributed by atoms with Crippen molar-refractivity contribution in [2.45, 2.75) is 25.8 Å². The van der Waals surface area contributed by atoms with Crippen LogP contribution in [0.5, 0.6) is 5.75 Å². The zero-order valence-corrected chi connectivity index (χ0v) is 13.8. The van der Waals surface area contributed by atoms with Crippen LogP contribution in [0.2, 0.25) is 0 Å². The van der Waals surface area contributed by atoms with Gasteiger partial charge in [-0.2, -0.15) is 0 Å². The van der Waals surface area contributed by atoms with E-state index in [2.05, 4.69) is 15.6 Å². The van der Waals surface area contributed by atoms with Gasteiger partial charge in [0.2, 0.25) is 5.91 Å². The number of imidazole rings is 1. The van der Waals surface area contributed by atoms with E-state index in [1.54, 1.807) is 12.5 Å². The lowest BCUT2D eigenvalue weighted by atomic mass is 10.0. The number of hydrogen-bond donors (Lipinski definition) is 2. The molecule has 2 aromatic rings. The number of nitrogens with zero attached hydrogens (tertiary/aromatic N) is 2. The van der Waals surface area contributed by atoms with Crippen molar-refractivity contribution in [1.82, 2.24) is 14.9 Å². The first kappa shape index (κ1) is 16.5. The summed E-state index contributed by atoms with van der Waals surface area (Å²) in [7, 11) is 0. The van der Waals surface area contributed by atoms with Gasteiger partial charge in [-0.1, -0.05) is 12.1 Å². The Morgan fingerprint density at radius 3 is 3.12 bits per heavy atom. The zero-order valence-electron chi connectivity index (χ0n) is 13.8. The van der Waals surface area contributed by atoms with Crippen LogP contribution in [0.25, 0.3) is 0 Å². The fourth-order valence-electron chi connectivity index (χ4n) is 2.88. The zero-order chi connectivity index (χ0) is 16.6. The summed E-state index contributed by atoms with van der Waals surface area (Å²) in [6, 6.07) is 7.57. The molecule has 6 heteroatoms. The maximum atomic E-state index is 12.2. The van der Waals surface area contributed by atoms with Gasteiger partial charge in [0.25, 0.3) is 0 Å². The lowest BCUT2D eigenvalue weighted by molar-refractivity contribution is -0.116. The molecule has 0 aliphatic carbocycles. The van der Waals surface area contributed by atoms with Crippen LogP contribution >= 0.6 is 0 Å². The van der Waals surface area contributed by atoms with E-state index >= 15 is 0 Å².